The van der Waals surface area contributed by atoms with Crippen LogP contribution in [0.3, 0.4) is 0 Å². The van der Waals surface area contributed by atoms with E-state index in [0.29, 0.717) is 11.5 Å². The fraction of sp³-hybridized carbons (Fsp3) is 0.167. The Hall–Kier alpha value is -2.30. The summed E-state index contributed by atoms with van der Waals surface area (Å²) in [7, 11) is 0. The van der Waals surface area contributed by atoms with Crippen LogP contribution in [0.4, 0.5) is 11.5 Å². The summed E-state index contributed by atoms with van der Waals surface area (Å²) >= 11 is 0. The van der Waals surface area contributed by atoms with Gasteiger partial charge in [0.2, 0.25) is 0 Å². The molecule has 0 bridgehead atoms. The molecule has 4 N–H and O–H groups in total. The summed E-state index contributed by atoms with van der Waals surface area (Å²) < 4.78 is 0. The number of hydrogen-bond donors (Lipinski definition) is 3. The molecule has 0 atom stereocenters. The number of aliphatic carboxylic acids is 1. The van der Waals surface area contributed by atoms with Crippen molar-refractivity contribution in [1.29, 1.82) is 0 Å². The van der Waals surface area contributed by atoms with Crippen molar-refractivity contribution in [2.75, 3.05) is 17.6 Å². The Labute approximate surface area is 98.3 Å². The van der Waals surface area contributed by atoms with Crippen LogP contribution in [-0.4, -0.2) is 22.6 Å². The van der Waals surface area contributed by atoms with Gasteiger partial charge < -0.3 is 16.2 Å². The number of nitrogens with two attached hydrogens (primary N) is 1. The number of carboxylic acid groups (broad SMARTS) is 1. The van der Waals surface area contributed by atoms with Gasteiger partial charge in [0.25, 0.3) is 0 Å². The molecule has 2 aromatic rings. The van der Waals surface area contributed by atoms with Gasteiger partial charge >= 0.3 is 5.97 Å². The minimum Gasteiger partial charge on any atom is -0.480 e. The van der Waals surface area contributed by atoms with Crippen LogP contribution in [0, 0.1) is 6.92 Å². The molecule has 1 aromatic heterocycles. The average Bonchev–Trinajstić information content (AvgIpc) is 2.31. The lowest BCUT2D eigenvalue weighted by Gasteiger charge is -2.10. The third-order valence-corrected chi connectivity index (χ3v) is 2.58. The Balaban J connectivity index is 2.56. The third kappa shape index (κ3) is 2.13. The molecule has 88 valence electrons. The van der Waals surface area contributed by atoms with Crippen molar-refractivity contribution in [3.63, 3.8) is 0 Å². The normalized spacial score (nSPS) is 10.4. The summed E-state index contributed by atoms with van der Waals surface area (Å²) in [5.41, 5.74) is 7.55. The van der Waals surface area contributed by atoms with E-state index in [1.807, 2.05) is 25.1 Å². The largest absolute Gasteiger partial charge is 0.480 e. The first kappa shape index (κ1) is 11.2. The van der Waals surface area contributed by atoms with Crippen LogP contribution in [0.25, 0.3) is 10.8 Å². The first-order valence-electron chi connectivity index (χ1n) is 5.19. The summed E-state index contributed by atoms with van der Waals surface area (Å²) in [5, 5.41) is 13.2. The quantitative estimate of drug-likeness (QED) is 0.698. The van der Waals surface area contributed by atoms with Gasteiger partial charge in [-0.3, -0.25) is 4.79 Å². The predicted octanol–water partition coefficient (Wildman–Crippen LogP) is 1.62. The Morgan fingerprint density at radius 2 is 2.24 bits per heavy atom. The molecule has 0 aliphatic heterocycles. The Morgan fingerprint density at radius 3 is 2.94 bits per heavy atom. The minimum atomic E-state index is -0.926. The van der Waals surface area contributed by atoms with E-state index in [-0.39, 0.29) is 6.54 Å². The molecule has 5 heteroatoms. The predicted molar refractivity (Wildman–Crippen MR) is 67.0 cm³/mol. The SMILES string of the molecule is Cc1ccc(N)c2ccnc(NCC(=O)O)c12. The van der Waals surface area contributed by atoms with Crippen molar-refractivity contribution in [2.24, 2.45) is 0 Å². The van der Waals surface area contributed by atoms with E-state index in [4.69, 9.17) is 10.8 Å². The molecule has 17 heavy (non-hydrogen) atoms. The second kappa shape index (κ2) is 4.29. The second-order valence-electron chi connectivity index (χ2n) is 3.80. The highest BCUT2D eigenvalue weighted by atomic mass is 16.4. The Kier molecular flexibility index (Phi) is 2.82. The summed E-state index contributed by atoms with van der Waals surface area (Å²) in [4.78, 5) is 14.7. The number of carboxylic acids is 1. The van der Waals surface area contributed by atoms with E-state index in [2.05, 4.69) is 10.3 Å². The minimum absolute atomic E-state index is 0.166. The molecule has 0 unspecified atom stereocenters. The van der Waals surface area contributed by atoms with Crippen molar-refractivity contribution in [1.82, 2.24) is 4.98 Å². The van der Waals surface area contributed by atoms with Crippen LogP contribution >= 0.6 is 0 Å². The maximum absolute atomic E-state index is 10.5. The van der Waals surface area contributed by atoms with E-state index >= 15 is 0 Å². The van der Waals surface area contributed by atoms with Gasteiger partial charge in [-0.15, -0.1) is 0 Å². The van der Waals surface area contributed by atoms with E-state index in [9.17, 15) is 4.79 Å². The standard InChI is InChI=1S/C12H13N3O2/c1-7-2-3-9(13)8-4-5-14-12(11(7)8)15-6-10(16)17/h2-5H,6,13H2,1H3,(H,14,15)(H,16,17). The van der Waals surface area contributed by atoms with Gasteiger partial charge in [-0.25, -0.2) is 4.98 Å². The molecule has 0 spiro atoms. The van der Waals surface area contributed by atoms with Crippen LogP contribution in [0.5, 0.6) is 0 Å². The molecule has 0 aliphatic carbocycles. The third-order valence-electron chi connectivity index (χ3n) is 2.58. The zero-order valence-electron chi connectivity index (χ0n) is 9.40. The van der Waals surface area contributed by atoms with Crippen LogP contribution in [-0.2, 0) is 4.79 Å². The summed E-state index contributed by atoms with van der Waals surface area (Å²) in [6, 6.07) is 5.55. The molecule has 0 saturated heterocycles. The van der Waals surface area contributed by atoms with E-state index in [0.717, 1.165) is 16.3 Å². The number of aromatic nitrogens is 1. The molecule has 0 radical (unpaired) electrons. The molecular formula is C12H13N3O2. The number of benzene rings is 1. The van der Waals surface area contributed by atoms with E-state index in [1.165, 1.54) is 0 Å². The number of rotatable bonds is 3. The van der Waals surface area contributed by atoms with Gasteiger partial charge in [-0.2, -0.15) is 0 Å². The molecule has 0 saturated carbocycles. The summed E-state index contributed by atoms with van der Waals surface area (Å²) in [6.07, 6.45) is 1.61. The number of nitrogen functional groups attached to an aromatic ring is 1. The molecule has 1 heterocycles. The summed E-state index contributed by atoms with van der Waals surface area (Å²) in [6.45, 7) is 1.77. The number of fused-ring (bicyclic) bond motifs is 1. The first-order chi connectivity index (χ1) is 8.09. The molecule has 0 amide bonds. The van der Waals surface area contributed by atoms with E-state index < -0.39 is 5.97 Å². The van der Waals surface area contributed by atoms with Gasteiger partial charge in [-0.1, -0.05) is 6.07 Å². The van der Waals surface area contributed by atoms with Gasteiger partial charge in [0.15, 0.2) is 0 Å². The number of aryl methyl sites for hydroxylation is 1. The fourth-order valence-corrected chi connectivity index (χ4v) is 1.78. The fourth-order valence-electron chi connectivity index (χ4n) is 1.78. The van der Waals surface area contributed by atoms with Crippen molar-refractivity contribution >= 4 is 28.2 Å². The number of hydrogen-bond acceptors (Lipinski definition) is 4. The Bertz CT molecular complexity index is 581. The zero-order valence-corrected chi connectivity index (χ0v) is 9.40. The van der Waals surface area contributed by atoms with Crippen LogP contribution in [0.1, 0.15) is 5.56 Å². The second-order valence-corrected chi connectivity index (χ2v) is 3.80. The maximum atomic E-state index is 10.5. The van der Waals surface area contributed by atoms with Crippen molar-refractivity contribution < 1.29 is 9.90 Å². The number of anilines is 2. The highest BCUT2D eigenvalue weighted by Crippen LogP contribution is 2.28. The smallest absolute Gasteiger partial charge is 0.322 e. The van der Waals surface area contributed by atoms with Gasteiger partial charge in [0.1, 0.15) is 12.4 Å². The van der Waals surface area contributed by atoms with Crippen molar-refractivity contribution in [3.05, 3.63) is 30.0 Å². The molecule has 0 aliphatic rings. The average molecular weight is 231 g/mol. The number of nitrogens with one attached hydrogen (secondary N) is 1. The van der Waals surface area contributed by atoms with Crippen molar-refractivity contribution in [3.8, 4) is 0 Å². The van der Waals surface area contributed by atoms with Crippen LogP contribution in [0.2, 0.25) is 0 Å². The lowest BCUT2D eigenvalue weighted by Crippen LogP contribution is -2.13. The van der Waals surface area contributed by atoms with Gasteiger partial charge in [0.05, 0.1) is 0 Å². The first-order valence-corrected chi connectivity index (χ1v) is 5.19. The molecule has 0 fully saturated rings. The highest BCUT2D eigenvalue weighted by molar-refractivity contribution is 6.01. The lowest BCUT2D eigenvalue weighted by molar-refractivity contribution is -0.134. The van der Waals surface area contributed by atoms with E-state index in [1.54, 1.807) is 6.20 Å². The van der Waals surface area contributed by atoms with Crippen LogP contribution in [0.15, 0.2) is 24.4 Å². The highest BCUT2D eigenvalue weighted by Gasteiger charge is 2.08. The molecule has 5 nitrogen and oxygen atoms in total. The van der Waals surface area contributed by atoms with Gasteiger partial charge in [0, 0.05) is 22.7 Å². The topological polar surface area (TPSA) is 88.2 Å². The molecular weight excluding hydrogens is 218 g/mol. The van der Waals surface area contributed by atoms with Gasteiger partial charge in [-0.05, 0) is 24.6 Å². The number of pyridine rings is 1. The number of nitrogens with zero attached hydrogens (tertiary/aromatic N) is 1. The zero-order chi connectivity index (χ0) is 12.4. The monoisotopic (exact) mass is 231 g/mol. The molecule has 2 rings (SSSR count). The summed E-state index contributed by atoms with van der Waals surface area (Å²) in [5.74, 6) is -0.375. The number of carbonyl (C=O) groups is 1. The molecule has 1 aromatic carbocycles. The van der Waals surface area contributed by atoms with Crippen molar-refractivity contribution in [2.45, 2.75) is 6.92 Å². The van der Waals surface area contributed by atoms with Crippen LogP contribution < -0.4 is 11.1 Å². The lowest BCUT2D eigenvalue weighted by atomic mass is 10.1. The Morgan fingerprint density at radius 1 is 1.47 bits per heavy atom. The maximum Gasteiger partial charge on any atom is 0.322 e.